The number of hydrogen-bond donors (Lipinski definition) is 1. The van der Waals surface area contributed by atoms with E-state index in [-0.39, 0.29) is 0 Å². The van der Waals surface area contributed by atoms with Crippen LogP contribution in [0.15, 0.2) is 6.07 Å². The van der Waals surface area contributed by atoms with Gasteiger partial charge in [0.05, 0.1) is 5.69 Å². The van der Waals surface area contributed by atoms with E-state index in [0.717, 1.165) is 12.8 Å². The summed E-state index contributed by atoms with van der Waals surface area (Å²) in [4.78, 5) is 0. The van der Waals surface area contributed by atoms with Gasteiger partial charge in [-0.1, -0.05) is 13.8 Å². The predicted molar refractivity (Wildman–Crippen MR) is 64.0 cm³/mol. The van der Waals surface area contributed by atoms with E-state index in [0.29, 0.717) is 12.0 Å². The molecule has 1 aromatic heterocycles. The third kappa shape index (κ3) is 3.06. The van der Waals surface area contributed by atoms with Gasteiger partial charge in [0.25, 0.3) is 0 Å². The molecule has 0 spiro atoms. The Morgan fingerprint density at radius 3 is 2.60 bits per heavy atom. The molecule has 0 saturated carbocycles. The van der Waals surface area contributed by atoms with E-state index < -0.39 is 0 Å². The van der Waals surface area contributed by atoms with Gasteiger partial charge in [0.15, 0.2) is 0 Å². The lowest BCUT2D eigenvalue weighted by Crippen LogP contribution is -2.30. The summed E-state index contributed by atoms with van der Waals surface area (Å²) in [5, 5.41) is 7.76. The van der Waals surface area contributed by atoms with E-state index >= 15 is 0 Å². The van der Waals surface area contributed by atoms with Crippen molar-refractivity contribution < 1.29 is 0 Å². The average molecular weight is 209 g/mol. The third-order valence-corrected chi connectivity index (χ3v) is 3.23. The quantitative estimate of drug-likeness (QED) is 0.801. The monoisotopic (exact) mass is 209 g/mol. The molecular formula is C12H23N3. The highest BCUT2D eigenvalue weighted by Gasteiger charge is 2.13. The molecule has 0 aliphatic heterocycles. The molecule has 1 heterocycles. The minimum Gasteiger partial charge on any atom is -0.317 e. The van der Waals surface area contributed by atoms with E-state index in [1.807, 2.05) is 18.8 Å². The van der Waals surface area contributed by atoms with Crippen LogP contribution < -0.4 is 5.32 Å². The molecule has 3 heteroatoms. The molecule has 0 bridgehead atoms. The normalized spacial score (nSPS) is 15.3. The van der Waals surface area contributed by atoms with Crippen LogP contribution >= 0.6 is 0 Å². The number of nitrogens with zero attached hydrogens (tertiary/aromatic N) is 2. The molecule has 15 heavy (non-hydrogen) atoms. The molecule has 0 amide bonds. The Morgan fingerprint density at radius 2 is 2.13 bits per heavy atom. The van der Waals surface area contributed by atoms with Gasteiger partial charge in [-0.25, -0.2) is 0 Å². The highest BCUT2D eigenvalue weighted by molar-refractivity contribution is 5.11. The fourth-order valence-corrected chi connectivity index (χ4v) is 1.73. The topological polar surface area (TPSA) is 29.9 Å². The largest absolute Gasteiger partial charge is 0.317 e. The van der Waals surface area contributed by atoms with E-state index in [4.69, 9.17) is 0 Å². The van der Waals surface area contributed by atoms with Crippen LogP contribution in [0.2, 0.25) is 0 Å². The van der Waals surface area contributed by atoms with Gasteiger partial charge in [0.2, 0.25) is 0 Å². The summed E-state index contributed by atoms with van der Waals surface area (Å²) in [6.45, 7) is 6.65. The Morgan fingerprint density at radius 1 is 1.47 bits per heavy atom. The Labute approximate surface area is 92.9 Å². The van der Waals surface area contributed by atoms with Crippen LogP contribution in [0.1, 0.15) is 32.2 Å². The van der Waals surface area contributed by atoms with Gasteiger partial charge in [-0.05, 0) is 38.8 Å². The summed E-state index contributed by atoms with van der Waals surface area (Å²) in [6.07, 6.45) is 2.11. The van der Waals surface area contributed by atoms with Crippen molar-refractivity contribution >= 4 is 0 Å². The first-order valence-electron chi connectivity index (χ1n) is 5.77. The van der Waals surface area contributed by atoms with Crippen LogP contribution in [0.25, 0.3) is 0 Å². The van der Waals surface area contributed by atoms with Gasteiger partial charge < -0.3 is 5.32 Å². The van der Waals surface area contributed by atoms with Gasteiger partial charge in [0, 0.05) is 18.8 Å². The summed E-state index contributed by atoms with van der Waals surface area (Å²) in [7, 11) is 4.05. The molecule has 1 aromatic rings. The van der Waals surface area contributed by atoms with Crippen LogP contribution in [-0.2, 0) is 19.9 Å². The maximum Gasteiger partial charge on any atom is 0.0624 e. The minimum atomic E-state index is 0.546. The molecule has 0 saturated heterocycles. The second-order valence-electron chi connectivity index (χ2n) is 4.36. The van der Waals surface area contributed by atoms with E-state index in [2.05, 4.69) is 37.3 Å². The van der Waals surface area contributed by atoms with Crippen LogP contribution in [0.3, 0.4) is 0 Å². The molecule has 2 atom stereocenters. The Kier molecular flexibility index (Phi) is 4.33. The molecule has 0 radical (unpaired) electrons. The van der Waals surface area contributed by atoms with Crippen LogP contribution in [-0.4, -0.2) is 22.9 Å². The second kappa shape index (κ2) is 5.31. The molecule has 86 valence electrons. The molecule has 1 N–H and O–H groups in total. The van der Waals surface area contributed by atoms with Gasteiger partial charge >= 0.3 is 0 Å². The zero-order chi connectivity index (χ0) is 11.4. The number of aromatic nitrogens is 2. The highest BCUT2D eigenvalue weighted by Crippen LogP contribution is 2.13. The molecule has 0 fully saturated rings. The number of hydrogen-bond acceptors (Lipinski definition) is 2. The van der Waals surface area contributed by atoms with Gasteiger partial charge in [-0.2, -0.15) is 5.10 Å². The van der Waals surface area contributed by atoms with Crippen molar-refractivity contribution in [2.45, 2.75) is 39.7 Å². The average Bonchev–Trinajstić information content (AvgIpc) is 2.58. The summed E-state index contributed by atoms with van der Waals surface area (Å²) < 4.78 is 2.01. The zero-order valence-electron chi connectivity index (χ0n) is 10.5. The van der Waals surface area contributed by atoms with E-state index in [1.54, 1.807) is 0 Å². The fourth-order valence-electron chi connectivity index (χ4n) is 1.73. The summed E-state index contributed by atoms with van der Waals surface area (Å²) >= 11 is 0. The van der Waals surface area contributed by atoms with Crippen molar-refractivity contribution in [2.24, 2.45) is 13.0 Å². The second-order valence-corrected chi connectivity index (χ2v) is 4.36. The van der Waals surface area contributed by atoms with Gasteiger partial charge in [0.1, 0.15) is 0 Å². The number of aryl methyl sites for hydroxylation is 2. The number of nitrogens with one attached hydrogen (secondary N) is 1. The predicted octanol–water partition coefficient (Wildman–Crippen LogP) is 1.77. The lowest BCUT2D eigenvalue weighted by atomic mass is 9.98. The molecule has 1 rings (SSSR count). The SMILES string of the molecule is CCc1cc(CC(C)C(C)NC)n(C)n1. The van der Waals surface area contributed by atoms with Crippen molar-refractivity contribution in [2.75, 3.05) is 7.05 Å². The summed E-state index contributed by atoms with van der Waals surface area (Å²) in [5.41, 5.74) is 2.53. The highest BCUT2D eigenvalue weighted by atomic mass is 15.3. The van der Waals surface area contributed by atoms with Gasteiger partial charge in [-0.3, -0.25) is 4.68 Å². The fraction of sp³-hybridized carbons (Fsp3) is 0.750. The van der Waals surface area contributed by atoms with Crippen LogP contribution in [0.4, 0.5) is 0 Å². The molecule has 0 aliphatic rings. The first-order valence-corrected chi connectivity index (χ1v) is 5.77. The zero-order valence-corrected chi connectivity index (χ0v) is 10.5. The first kappa shape index (κ1) is 12.2. The summed E-state index contributed by atoms with van der Waals surface area (Å²) in [6, 6.07) is 2.77. The molecule has 0 aromatic carbocycles. The minimum absolute atomic E-state index is 0.546. The molecule has 0 aliphatic carbocycles. The lowest BCUT2D eigenvalue weighted by molar-refractivity contribution is 0.414. The van der Waals surface area contributed by atoms with Crippen molar-refractivity contribution in [1.29, 1.82) is 0 Å². The first-order chi connectivity index (χ1) is 7.08. The Bertz CT molecular complexity index is 304. The number of rotatable bonds is 5. The Hall–Kier alpha value is -0.830. The summed E-state index contributed by atoms with van der Waals surface area (Å²) in [5.74, 6) is 0.634. The van der Waals surface area contributed by atoms with Crippen molar-refractivity contribution in [3.05, 3.63) is 17.5 Å². The maximum atomic E-state index is 4.46. The molecule has 2 unspecified atom stereocenters. The third-order valence-electron chi connectivity index (χ3n) is 3.23. The lowest BCUT2D eigenvalue weighted by Gasteiger charge is -2.18. The van der Waals surface area contributed by atoms with Crippen molar-refractivity contribution in [3.63, 3.8) is 0 Å². The van der Waals surface area contributed by atoms with E-state index in [9.17, 15) is 0 Å². The van der Waals surface area contributed by atoms with E-state index in [1.165, 1.54) is 11.4 Å². The van der Waals surface area contributed by atoms with Crippen molar-refractivity contribution in [3.8, 4) is 0 Å². The van der Waals surface area contributed by atoms with Crippen LogP contribution in [0, 0.1) is 5.92 Å². The molecule has 3 nitrogen and oxygen atoms in total. The molecular weight excluding hydrogens is 186 g/mol. The van der Waals surface area contributed by atoms with Crippen molar-refractivity contribution in [1.82, 2.24) is 15.1 Å². The van der Waals surface area contributed by atoms with Crippen LogP contribution in [0.5, 0.6) is 0 Å². The van der Waals surface area contributed by atoms with Gasteiger partial charge in [-0.15, -0.1) is 0 Å². The Balaban J connectivity index is 2.67. The smallest absolute Gasteiger partial charge is 0.0624 e. The maximum absolute atomic E-state index is 4.46. The standard InChI is InChI=1S/C12H23N3/c1-6-11-8-12(15(5)14-11)7-9(2)10(3)13-4/h8-10,13H,6-7H2,1-5H3.